The first kappa shape index (κ1) is 11.7. The van der Waals surface area contributed by atoms with Crippen molar-refractivity contribution in [3.63, 3.8) is 0 Å². The molecule has 1 aliphatic rings. The molecule has 1 heteroatoms. The van der Waals surface area contributed by atoms with Gasteiger partial charge in [0, 0.05) is 0 Å². The van der Waals surface area contributed by atoms with E-state index in [1.807, 2.05) is 0 Å². The van der Waals surface area contributed by atoms with Crippen molar-refractivity contribution in [2.75, 3.05) is 0 Å². The predicted molar refractivity (Wildman–Crippen MR) is 67.3 cm³/mol. The van der Waals surface area contributed by atoms with Gasteiger partial charge in [0.15, 0.2) is 0 Å². The highest BCUT2D eigenvalue weighted by Gasteiger charge is 2.41. The Kier molecular flexibility index (Phi) is 3.07. The molecule has 0 aromatic heterocycles. The summed E-state index contributed by atoms with van der Waals surface area (Å²) in [6, 6.07) is 8.49. The summed E-state index contributed by atoms with van der Waals surface area (Å²) < 4.78 is 0. The maximum atomic E-state index is 10.4. The maximum absolute atomic E-state index is 10.4. The summed E-state index contributed by atoms with van der Waals surface area (Å²) >= 11 is 0. The number of aliphatic hydroxyl groups is 1. The van der Waals surface area contributed by atoms with E-state index < -0.39 is 5.60 Å². The third-order valence-electron chi connectivity index (χ3n) is 3.48. The molecule has 0 unspecified atom stereocenters. The van der Waals surface area contributed by atoms with E-state index in [9.17, 15) is 5.11 Å². The summed E-state index contributed by atoms with van der Waals surface area (Å²) in [6.07, 6.45) is 2.93. The van der Waals surface area contributed by atoms with Crippen molar-refractivity contribution in [3.05, 3.63) is 35.4 Å². The zero-order valence-corrected chi connectivity index (χ0v) is 10.5. The zero-order valence-electron chi connectivity index (χ0n) is 10.5. The molecule has 16 heavy (non-hydrogen) atoms. The predicted octanol–water partition coefficient (Wildman–Crippen LogP) is 3.50. The van der Waals surface area contributed by atoms with Crippen LogP contribution in [-0.4, -0.2) is 5.11 Å². The molecule has 1 fully saturated rings. The Labute approximate surface area is 98.5 Å². The van der Waals surface area contributed by atoms with Gasteiger partial charge in [0.25, 0.3) is 0 Å². The lowest BCUT2D eigenvalue weighted by Crippen LogP contribution is -2.39. The average Bonchev–Trinajstić information content (AvgIpc) is 2.15. The highest BCUT2D eigenvalue weighted by atomic mass is 16.3. The average molecular weight is 218 g/mol. The van der Waals surface area contributed by atoms with Crippen molar-refractivity contribution >= 4 is 0 Å². The molecule has 1 aliphatic carbocycles. The summed E-state index contributed by atoms with van der Waals surface area (Å²) in [5.41, 5.74) is 1.93. The molecule has 0 atom stereocenters. The molecule has 0 amide bonds. The van der Waals surface area contributed by atoms with Crippen molar-refractivity contribution in [1.82, 2.24) is 0 Å². The van der Waals surface area contributed by atoms with Gasteiger partial charge in [-0.3, -0.25) is 0 Å². The minimum atomic E-state index is -0.535. The molecular formula is C15H22O. The monoisotopic (exact) mass is 218 g/mol. The Bertz CT molecular complexity index is 361. The first-order chi connectivity index (χ1) is 7.49. The van der Waals surface area contributed by atoms with Gasteiger partial charge in [-0.2, -0.15) is 0 Å². The SMILES string of the molecule is CC(C)Cc1cccc(C2(O)CC(C)C2)c1. The number of hydrogen-bond donors (Lipinski definition) is 1. The number of hydrogen-bond acceptors (Lipinski definition) is 1. The van der Waals surface area contributed by atoms with E-state index in [1.54, 1.807) is 0 Å². The topological polar surface area (TPSA) is 20.2 Å². The lowest BCUT2D eigenvalue weighted by Gasteiger charge is -2.42. The van der Waals surface area contributed by atoms with Crippen molar-refractivity contribution in [1.29, 1.82) is 0 Å². The van der Waals surface area contributed by atoms with E-state index >= 15 is 0 Å². The van der Waals surface area contributed by atoms with E-state index in [4.69, 9.17) is 0 Å². The molecule has 0 bridgehead atoms. The van der Waals surface area contributed by atoms with Gasteiger partial charge >= 0.3 is 0 Å². The molecule has 0 radical (unpaired) electrons. The second-order valence-electron chi connectivity index (χ2n) is 5.84. The zero-order chi connectivity index (χ0) is 11.8. The van der Waals surface area contributed by atoms with Crippen molar-refractivity contribution in [3.8, 4) is 0 Å². The molecule has 0 spiro atoms. The van der Waals surface area contributed by atoms with Crippen LogP contribution in [0.25, 0.3) is 0 Å². The van der Waals surface area contributed by atoms with E-state index in [0.717, 1.165) is 24.8 Å². The molecule has 88 valence electrons. The third-order valence-corrected chi connectivity index (χ3v) is 3.48. The van der Waals surface area contributed by atoms with E-state index in [2.05, 4.69) is 45.0 Å². The second kappa shape index (κ2) is 4.21. The molecule has 1 aromatic carbocycles. The minimum Gasteiger partial charge on any atom is -0.385 e. The van der Waals surface area contributed by atoms with Crippen LogP contribution in [0.4, 0.5) is 0 Å². The van der Waals surface area contributed by atoms with Crippen molar-refractivity contribution < 1.29 is 5.11 Å². The largest absolute Gasteiger partial charge is 0.385 e. The summed E-state index contributed by atoms with van der Waals surface area (Å²) in [4.78, 5) is 0. The van der Waals surface area contributed by atoms with Gasteiger partial charge in [0.2, 0.25) is 0 Å². The molecule has 0 aliphatic heterocycles. The summed E-state index contributed by atoms with van der Waals surface area (Å²) in [5.74, 6) is 1.34. The van der Waals surface area contributed by atoms with Gasteiger partial charge < -0.3 is 5.11 Å². The molecule has 0 heterocycles. The number of rotatable bonds is 3. The molecular weight excluding hydrogens is 196 g/mol. The van der Waals surface area contributed by atoms with Gasteiger partial charge in [0.1, 0.15) is 0 Å². The lowest BCUT2D eigenvalue weighted by atomic mass is 9.68. The van der Waals surface area contributed by atoms with Crippen LogP contribution in [0.15, 0.2) is 24.3 Å². The number of benzene rings is 1. The molecule has 1 saturated carbocycles. The maximum Gasteiger partial charge on any atom is 0.0901 e. The van der Waals surface area contributed by atoms with Gasteiger partial charge in [0.05, 0.1) is 5.60 Å². The van der Waals surface area contributed by atoms with Gasteiger partial charge in [-0.05, 0) is 42.2 Å². The summed E-state index contributed by atoms with van der Waals surface area (Å²) in [5, 5.41) is 10.4. The van der Waals surface area contributed by atoms with Crippen LogP contribution in [-0.2, 0) is 12.0 Å². The third kappa shape index (κ3) is 2.30. The van der Waals surface area contributed by atoms with E-state index in [0.29, 0.717) is 11.8 Å². The fourth-order valence-electron chi connectivity index (χ4n) is 2.79. The quantitative estimate of drug-likeness (QED) is 0.823. The van der Waals surface area contributed by atoms with E-state index in [1.165, 1.54) is 5.56 Å². The van der Waals surface area contributed by atoms with Crippen LogP contribution in [0.5, 0.6) is 0 Å². The Balaban J connectivity index is 2.16. The van der Waals surface area contributed by atoms with Gasteiger partial charge in [-0.15, -0.1) is 0 Å². The Morgan fingerprint density at radius 3 is 2.62 bits per heavy atom. The van der Waals surface area contributed by atoms with Crippen LogP contribution in [0, 0.1) is 11.8 Å². The molecule has 1 aromatic rings. The fourth-order valence-corrected chi connectivity index (χ4v) is 2.79. The molecule has 0 saturated heterocycles. The smallest absolute Gasteiger partial charge is 0.0901 e. The summed E-state index contributed by atoms with van der Waals surface area (Å²) in [7, 11) is 0. The van der Waals surface area contributed by atoms with Gasteiger partial charge in [-0.25, -0.2) is 0 Å². The van der Waals surface area contributed by atoms with E-state index in [-0.39, 0.29) is 0 Å². The lowest BCUT2D eigenvalue weighted by molar-refractivity contribution is -0.0738. The molecule has 2 rings (SSSR count). The van der Waals surface area contributed by atoms with Crippen molar-refractivity contribution in [2.45, 2.75) is 45.6 Å². The minimum absolute atomic E-state index is 0.535. The highest BCUT2D eigenvalue weighted by Crippen LogP contribution is 2.45. The van der Waals surface area contributed by atoms with Crippen LogP contribution in [0.2, 0.25) is 0 Å². The molecule has 1 nitrogen and oxygen atoms in total. The first-order valence-electron chi connectivity index (χ1n) is 6.31. The van der Waals surface area contributed by atoms with Crippen LogP contribution < -0.4 is 0 Å². The Morgan fingerprint density at radius 2 is 2.06 bits per heavy atom. The Morgan fingerprint density at radius 1 is 1.38 bits per heavy atom. The van der Waals surface area contributed by atoms with Gasteiger partial charge in [-0.1, -0.05) is 45.0 Å². The molecule has 1 N–H and O–H groups in total. The highest BCUT2D eigenvalue weighted by molar-refractivity contribution is 5.30. The second-order valence-corrected chi connectivity index (χ2v) is 5.84. The first-order valence-corrected chi connectivity index (χ1v) is 6.31. The summed E-state index contributed by atoms with van der Waals surface area (Å²) in [6.45, 7) is 6.66. The van der Waals surface area contributed by atoms with Crippen LogP contribution >= 0.6 is 0 Å². The van der Waals surface area contributed by atoms with Crippen LogP contribution in [0.1, 0.15) is 44.7 Å². The standard InChI is InChI=1S/C15H22O/c1-11(2)7-13-5-4-6-14(8-13)15(16)9-12(3)10-15/h4-6,8,11-12,16H,7,9-10H2,1-3H3. The van der Waals surface area contributed by atoms with Crippen molar-refractivity contribution in [2.24, 2.45) is 11.8 Å². The fraction of sp³-hybridized carbons (Fsp3) is 0.600. The normalized spacial score (nSPS) is 29.2. The van der Waals surface area contributed by atoms with Crippen LogP contribution in [0.3, 0.4) is 0 Å². The Hall–Kier alpha value is -0.820.